The van der Waals surface area contributed by atoms with Crippen LogP contribution in [-0.4, -0.2) is 42.3 Å². The Morgan fingerprint density at radius 3 is 2.39 bits per heavy atom. The number of carboxylic acids is 1. The molecule has 0 amide bonds. The molecule has 5 heteroatoms. The lowest BCUT2D eigenvalue weighted by molar-refractivity contribution is 0.0696. The SMILES string of the molecule is O=C(O)c1ccc2c(c1)CCCC(c1ccc(Cl)cc1)=C2c1ccc(C=C2CN(CCCF)C2)cc1. The monoisotopic (exact) mass is 501 g/mol. The minimum Gasteiger partial charge on any atom is -0.478 e. The van der Waals surface area contributed by atoms with Crippen LogP contribution in [0.4, 0.5) is 4.39 Å². The molecule has 1 fully saturated rings. The van der Waals surface area contributed by atoms with Gasteiger partial charge in [0, 0.05) is 24.7 Å². The fraction of sp³-hybridized carbons (Fsp3) is 0.258. The summed E-state index contributed by atoms with van der Waals surface area (Å²) in [4.78, 5) is 13.9. The first-order chi connectivity index (χ1) is 17.5. The number of nitrogens with zero attached hydrogens (tertiary/aromatic N) is 1. The summed E-state index contributed by atoms with van der Waals surface area (Å²) in [6, 6.07) is 22.1. The number of benzene rings is 3. The van der Waals surface area contributed by atoms with Crippen LogP contribution in [0.1, 0.15) is 57.4 Å². The standard InChI is InChI=1S/C31H29ClFNO2/c32-27-12-9-23(10-13-27)28-4-1-3-25-18-26(31(35)36)11-14-29(25)30(28)24-7-5-21(6-8-24)17-22-19-34(20-22)16-2-15-33/h5-14,17-18H,1-4,15-16,19-20H2,(H,35,36). The molecule has 0 bridgehead atoms. The predicted octanol–water partition coefficient (Wildman–Crippen LogP) is 7.39. The van der Waals surface area contributed by atoms with E-state index in [4.69, 9.17) is 11.6 Å². The highest BCUT2D eigenvalue weighted by Crippen LogP contribution is 2.40. The van der Waals surface area contributed by atoms with E-state index < -0.39 is 5.97 Å². The lowest BCUT2D eigenvalue weighted by Gasteiger charge is -2.33. The summed E-state index contributed by atoms with van der Waals surface area (Å²) in [5, 5.41) is 10.2. The van der Waals surface area contributed by atoms with Crippen LogP contribution in [0.15, 0.2) is 72.3 Å². The third kappa shape index (κ3) is 5.30. The van der Waals surface area contributed by atoms with E-state index >= 15 is 0 Å². The number of aromatic carboxylic acids is 1. The highest BCUT2D eigenvalue weighted by molar-refractivity contribution is 6.30. The molecule has 3 aromatic carbocycles. The number of carbonyl (C=O) groups is 1. The largest absolute Gasteiger partial charge is 0.478 e. The van der Waals surface area contributed by atoms with Gasteiger partial charge in [-0.2, -0.15) is 0 Å². The van der Waals surface area contributed by atoms with Crippen LogP contribution in [0.5, 0.6) is 0 Å². The van der Waals surface area contributed by atoms with Crippen molar-refractivity contribution in [2.24, 2.45) is 0 Å². The van der Waals surface area contributed by atoms with E-state index in [-0.39, 0.29) is 6.67 Å². The molecule has 1 saturated heterocycles. The average molecular weight is 502 g/mol. The Morgan fingerprint density at radius 2 is 1.69 bits per heavy atom. The van der Waals surface area contributed by atoms with Gasteiger partial charge in [-0.05, 0) is 94.5 Å². The summed E-state index contributed by atoms with van der Waals surface area (Å²) in [6.45, 7) is 2.38. The van der Waals surface area contributed by atoms with Crippen molar-refractivity contribution in [1.82, 2.24) is 4.90 Å². The topological polar surface area (TPSA) is 40.5 Å². The Kier molecular flexibility index (Phi) is 7.35. The number of fused-ring (bicyclic) bond motifs is 1. The Labute approximate surface area is 216 Å². The van der Waals surface area contributed by atoms with Gasteiger partial charge in [-0.15, -0.1) is 0 Å². The van der Waals surface area contributed by atoms with E-state index in [1.165, 1.54) is 11.1 Å². The Hall–Kier alpha value is -3.21. The molecular formula is C31H29ClFNO2. The highest BCUT2D eigenvalue weighted by atomic mass is 35.5. The van der Waals surface area contributed by atoms with Gasteiger partial charge in [-0.25, -0.2) is 4.79 Å². The van der Waals surface area contributed by atoms with E-state index in [1.54, 1.807) is 6.07 Å². The van der Waals surface area contributed by atoms with Crippen molar-refractivity contribution in [3.8, 4) is 0 Å². The second-order valence-electron chi connectivity index (χ2n) is 9.57. The van der Waals surface area contributed by atoms with Gasteiger partial charge >= 0.3 is 5.97 Å². The van der Waals surface area contributed by atoms with E-state index in [0.717, 1.165) is 72.3 Å². The van der Waals surface area contributed by atoms with Crippen LogP contribution < -0.4 is 0 Å². The van der Waals surface area contributed by atoms with E-state index in [0.29, 0.717) is 17.0 Å². The molecule has 0 aromatic heterocycles. The molecule has 0 spiro atoms. The fourth-order valence-corrected chi connectivity index (χ4v) is 5.36. The number of rotatable bonds is 7. The molecule has 1 N–H and O–H groups in total. The zero-order valence-corrected chi connectivity index (χ0v) is 20.9. The number of alkyl halides is 1. The van der Waals surface area contributed by atoms with Crippen molar-refractivity contribution in [3.63, 3.8) is 0 Å². The molecule has 1 heterocycles. The smallest absolute Gasteiger partial charge is 0.335 e. The molecule has 5 rings (SSSR count). The van der Waals surface area contributed by atoms with Crippen molar-refractivity contribution in [1.29, 1.82) is 0 Å². The van der Waals surface area contributed by atoms with Gasteiger partial charge in [-0.3, -0.25) is 9.29 Å². The molecule has 0 atom stereocenters. The van der Waals surface area contributed by atoms with Gasteiger partial charge in [0.15, 0.2) is 0 Å². The number of aryl methyl sites for hydroxylation is 1. The molecule has 36 heavy (non-hydrogen) atoms. The molecule has 0 saturated carbocycles. The average Bonchev–Trinajstić information content (AvgIpc) is 3.05. The molecule has 0 radical (unpaired) electrons. The van der Waals surface area contributed by atoms with Crippen LogP contribution in [0.3, 0.4) is 0 Å². The number of carboxylic acid groups (broad SMARTS) is 1. The van der Waals surface area contributed by atoms with E-state index in [2.05, 4.69) is 47.4 Å². The second kappa shape index (κ2) is 10.8. The zero-order chi connectivity index (χ0) is 25.1. The van der Waals surface area contributed by atoms with E-state index in [9.17, 15) is 14.3 Å². The molecule has 184 valence electrons. The maximum absolute atomic E-state index is 12.4. The number of likely N-dealkylation sites (tertiary alicyclic amines) is 1. The molecule has 3 aromatic rings. The maximum atomic E-state index is 12.4. The third-order valence-electron chi connectivity index (χ3n) is 7.02. The van der Waals surface area contributed by atoms with Crippen LogP contribution in [0.2, 0.25) is 5.02 Å². The normalized spacial score (nSPS) is 15.8. The summed E-state index contributed by atoms with van der Waals surface area (Å²) in [5.74, 6) is -0.901. The van der Waals surface area contributed by atoms with Crippen molar-refractivity contribution in [2.75, 3.05) is 26.3 Å². The fourth-order valence-electron chi connectivity index (χ4n) is 5.23. The number of allylic oxidation sites excluding steroid dienone is 1. The van der Waals surface area contributed by atoms with Crippen molar-refractivity contribution < 1.29 is 14.3 Å². The van der Waals surface area contributed by atoms with Crippen molar-refractivity contribution in [2.45, 2.75) is 25.7 Å². The molecule has 1 aliphatic carbocycles. The summed E-state index contributed by atoms with van der Waals surface area (Å²) in [6.07, 6.45) is 5.50. The highest BCUT2D eigenvalue weighted by Gasteiger charge is 2.22. The van der Waals surface area contributed by atoms with Gasteiger partial charge in [-0.1, -0.05) is 60.1 Å². The number of hydrogen-bond donors (Lipinski definition) is 1. The van der Waals surface area contributed by atoms with Crippen molar-refractivity contribution >= 4 is 34.8 Å². The van der Waals surface area contributed by atoms with Gasteiger partial charge in [0.05, 0.1) is 12.2 Å². The van der Waals surface area contributed by atoms with Crippen LogP contribution >= 0.6 is 11.6 Å². The van der Waals surface area contributed by atoms with Crippen LogP contribution in [0.25, 0.3) is 17.2 Å². The summed E-state index contributed by atoms with van der Waals surface area (Å²) >= 11 is 6.18. The molecule has 1 aliphatic heterocycles. The Bertz CT molecular complexity index is 1320. The van der Waals surface area contributed by atoms with Crippen LogP contribution in [-0.2, 0) is 6.42 Å². The Morgan fingerprint density at radius 1 is 0.972 bits per heavy atom. The van der Waals surface area contributed by atoms with Crippen LogP contribution in [0, 0.1) is 0 Å². The molecule has 2 aliphatic rings. The minimum absolute atomic E-state index is 0.258. The first-order valence-corrected chi connectivity index (χ1v) is 12.8. The maximum Gasteiger partial charge on any atom is 0.335 e. The number of halogens is 2. The minimum atomic E-state index is -0.901. The quantitative estimate of drug-likeness (QED) is 0.367. The van der Waals surface area contributed by atoms with Gasteiger partial charge < -0.3 is 5.11 Å². The summed E-state index contributed by atoms with van der Waals surface area (Å²) < 4.78 is 12.4. The zero-order valence-electron chi connectivity index (χ0n) is 20.1. The van der Waals surface area contributed by atoms with E-state index in [1.807, 2.05) is 24.3 Å². The summed E-state index contributed by atoms with van der Waals surface area (Å²) in [7, 11) is 0. The Balaban J connectivity index is 1.52. The van der Waals surface area contributed by atoms with Gasteiger partial charge in [0.25, 0.3) is 0 Å². The molecule has 3 nitrogen and oxygen atoms in total. The molecular weight excluding hydrogens is 473 g/mol. The predicted molar refractivity (Wildman–Crippen MR) is 145 cm³/mol. The van der Waals surface area contributed by atoms with Gasteiger partial charge in [0.1, 0.15) is 0 Å². The molecule has 0 unspecified atom stereocenters. The third-order valence-corrected chi connectivity index (χ3v) is 7.27. The van der Waals surface area contributed by atoms with Gasteiger partial charge in [0.2, 0.25) is 0 Å². The summed E-state index contributed by atoms with van der Waals surface area (Å²) in [5.41, 5.74) is 9.67. The lowest BCUT2D eigenvalue weighted by atomic mass is 9.87. The first-order valence-electron chi connectivity index (χ1n) is 12.5. The second-order valence-corrected chi connectivity index (χ2v) is 10.0. The first kappa shape index (κ1) is 24.5. The number of hydrogen-bond acceptors (Lipinski definition) is 2. The van der Waals surface area contributed by atoms with Crippen molar-refractivity contribution in [3.05, 3.63) is 111 Å². The lowest BCUT2D eigenvalue weighted by Crippen LogP contribution is -2.40.